The molecule has 0 aromatic rings. The quantitative estimate of drug-likeness (QED) is 0.654. The van der Waals surface area contributed by atoms with Crippen molar-refractivity contribution in [2.24, 2.45) is 0 Å². The maximum Gasteiger partial charge on any atom is 0.323 e. The Morgan fingerprint density at radius 2 is 1.82 bits per heavy atom. The van der Waals surface area contributed by atoms with Gasteiger partial charge in [-0.1, -0.05) is 13.3 Å². The maximum absolute atomic E-state index is 12.7. The minimum atomic E-state index is -0.807. The zero-order valence-electron chi connectivity index (χ0n) is 19.2. The molecule has 162 valence electrons. The van der Waals surface area contributed by atoms with Gasteiger partial charge in [0.25, 0.3) is 0 Å². The molecule has 2 fully saturated rings. The molecule has 1 amide bonds. The van der Waals surface area contributed by atoms with E-state index in [-0.39, 0.29) is 25.3 Å². The molecule has 0 radical (unpaired) electrons. The van der Waals surface area contributed by atoms with Crippen molar-refractivity contribution < 1.29 is 15.7 Å². The molecule has 2 aliphatic heterocycles. The van der Waals surface area contributed by atoms with E-state index in [2.05, 4.69) is 22.2 Å². The van der Waals surface area contributed by atoms with E-state index in [1.165, 1.54) is 12.8 Å². The highest BCUT2D eigenvalue weighted by molar-refractivity contribution is 5.80. The van der Waals surface area contributed by atoms with Gasteiger partial charge in [0.2, 0.25) is 5.91 Å². The second-order valence-electron chi connectivity index (χ2n) is 8.85. The molecular formula is C21H40N4O3. The van der Waals surface area contributed by atoms with Crippen molar-refractivity contribution in [3.8, 4) is 0 Å². The van der Waals surface area contributed by atoms with E-state index in [9.17, 15) is 9.59 Å². The molecule has 2 heterocycles. The number of ether oxygens (including phenoxy) is 1. The number of esters is 1. The van der Waals surface area contributed by atoms with Crippen molar-refractivity contribution in [3.05, 3.63) is 0 Å². The molecule has 0 spiro atoms. The summed E-state index contributed by atoms with van der Waals surface area (Å²) in [7, 11) is 2.18. The van der Waals surface area contributed by atoms with E-state index in [0.717, 1.165) is 45.7 Å². The third-order valence-corrected chi connectivity index (χ3v) is 5.61. The van der Waals surface area contributed by atoms with E-state index in [4.69, 9.17) is 6.11 Å². The fourth-order valence-corrected chi connectivity index (χ4v) is 3.95. The zero-order valence-corrected chi connectivity index (χ0v) is 18.2. The molecule has 0 saturated carbocycles. The Balaban J connectivity index is 1.76. The lowest BCUT2D eigenvalue weighted by Crippen LogP contribution is -2.55. The normalized spacial score (nSPS) is 22.0. The summed E-state index contributed by atoms with van der Waals surface area (Å²) in [5.74, 6) is -0.328. The molecule has 2 saturated heterocycles. The van der Waals surface area contributed by atoms with Crippen molar-refractivity contribution in [1.29, 1.82) is 0 Å². The predicted octanol–water partition coefficient (Wildman–Crippen LogP) is 1.32. The van der Waals surface area contributed by atoms with Crippen LogP contribution in [0, 0.1) is 0 Å². The van der Waals surface area contributed by atoms with Gasteiger partial charge in [0.05, 0.1) is 6.54 Å². The van der Waals surface area contributed by atoms with Gasteiger partial charge >= 0.3 is 5.97 Å². The van der Waals surface area contributed by atoms with Crippen LogP contribution in [-0.4, -0.2) is 97.1 Å². The van der Waals surface area contributed by atoms with Crippen LogP contribution in [0.5, 0.6) is 0 Å². The van der Waals surface area contributed by atoms with Crippen LogP contribution < -0.4 is 5.32 Å². The van der Waals surface area contributed by atoms with Gasteiger partial charge in [-0.25, -0.2) is 0 Å². The SMILES string of the molecule is [2H]CC(C)(C)OC(=O)C(CCC)NCC(=O)N1CCN(C2CCN(C)CC2)CC1. The fraction of sp³-hybridized carbons (Fsp3) is 0.905. The van der Waals surface area contributed by atoms with E-state index >= 15 is 0 Å². The Morgan fingerprint density at radius 1 is 1.18 bits per heavy atom. The molecule has 0 bridgehead atoms. The molecular weight excluding hydrogens is 356 g/mol. The first kappa shape index (κ1) is 21.5. The van der Waals surface area contributed by atoms with Crippen LogP contribution in [-0.2, 0) is 14.3 Å². The number of likely N-dealkylation sites (tertiary alicyclic amines) is 1. The van der Waals surface area contributed by atoms with Crippen molar-refractivity contribution in [3.63, 3.8) is 0 Å². The topological polar surface area (TPSA) is 65.1 Å². The maximum atomic E-state index is 12.7. The van der Waals surface area contributed by atoms with Gasteiger partial charge < -0.3 is 14.5 Å². The number of hydrogen-bond acceptors (Lipinski definition) is 6. The van der Waals surface area contributed by atoms with Gasteiger partial charge in [-0.2, -0.15) is 0 Å². The Hall–Kier alpha value is -1.18. The van der Waals surface area contributed by atoms with E-state index in [1.807, 2.05) is 11.8 Å². The van der Waals surface area contributed by atoms with Crippen molar-refractivity contribution in [1.82, 2.24) is 20.0 Å². The first-order chi connectivity index (χ1) is 13.8. The molecule has 0 aromatic heterocycles. The first-order valence-corrected chi connectivity index (χ1v) is 10.7. The van der Waals surface area contributed by atoms with Gasteiger partial charge in [-0.05, 0) is 60.1 Å². The molecule has 28 heavy (non-hydrogen) atoms. The highest BCUT2D eigenvalue weighted by atomic mass is 16.6. The molecule has 7 heteroatoms. The summed E-state index contributed by atoms with van der Waals surface area (Å²) in [4.78, 5) is 31.9. The van der Waals surface area contributed by atoms with Crippen LogP contribution in [0.4, 0.5) is 0 Å². The minimum Gasteiger partial charge on any atom is -0.459 e. The summed E-state index contributed by atoms with van der Waals surface area (Å²) in [6, 6.07) is 0.140. The van der Waals surface area contributed by atoms with Crippen molar-refractivity contribution in [2.75, 3.05) is 52.9 Å². The summed E-state index contributed by atoms with van der Waals surface area (Å²) >= 11 is 0. The molecule has 0 aliphatic carbocycles. The summed E-state index contributed by atoms with van der Waals surface area (Å²) in [5.41, 5.74) is -0.807. The van der Waals surface area contributed by atoms with Gasteiger partial charge in [0.1, 0.15) is 11.6 Å². The number of hydrogen-bond donors (Lipinski definition) is 1. The largest absolute Gasteiger partial charge is 0.459 e. The lowest BCUT2D eigenvalue weighted by molar-refractivity contribution is -0.157. The zero-order chi connectivity index (χ0) is 21.4. The smallest absolute Gasteiger partial charge is 0.323 e. The molecule has 2 rings (SSSR count). The molecule has 1 N–H and O–H groups in total. The summed E-state index contributed by atoms with van der Waals surface area (Å²) in [6.07, 6.45) is 3.85. The third kappa shape index (κ3) is 7.33. The molecule has 0 aromatic carbocycles. The highest BCUT2D eigenvalue weighted by Gasteiger charge is 2.29. The summed E-state index contributed by atoms with van der Waals surface area (Å²) < 4.78 is 12.9. The van der Waals surface area contributed by atoms with E-state index < -0.39 is 11.6 Å². The third-order valence-electron chi connectivity index (χ3n) is 5.61. The predicted molar refractivity (Wildman–Crippen MR) is 111 cm³/mol. The summed E-state index contributed by atoms with van der Waals surface area (Å²) in [5, 5.41) is 3.10. The summed E-state index contributed by atoms with van der Waals surface area (Å²) in [6.45, 7) is 11.3. The van der Waals surface area contributed by atoms with Gasteiger partial charge in [0.15, 0.2) is 0 Å². The second-order valence-corrected chi connectivity index (χ2v) is 8.85. The number of carbonyl (C=O) groups is 2. The van der Waals surface area contributed by atoms with Crippen LogP contribution in [0.25, 0.3) is 0 Å². The van der Waals surface area contributed by atoms with Crippen molar-refractivity contribution >= 4 is 11.9 Å². The van der Waals surface area contributed by atoms with Crippen LogP contribution in [0.15, 0.2) is 0 Å². The van der Waals surface area contributed by atoms with Crippen LogP contribution >= 0.6 is 0 Å². The number of nitrogens with one attached hydrogen (secondary N) is 1. The van der Waals surface area contributed by atoms with E-state index in [1.54, 1.807) is 13.8 Å². The number of piperidine rings is 1. The first-order valence-electron chi connectivity index (χ1n) is 11.4. The number of nitrogens with zero attached hydrogens (tertiary/aromatic N) is 3. The molecule has 2 aliphatic rings. The van der Waals surface area contributed by atoms with Gasteiger partial charge in [0, 0.05) is 33.6 Å². The van der Waals surface area contributed by atoms with Gasteiger partial charge in [-0.3, -0.25) is 19.8 Å². The second kappa shape index (κ2) is 10.6. The standard InChI is InChI=1S/C21H40N4O3/c1-6-7-18(20(27)28-21(2,3)4)22-16-19(26)25-14-12-24(13-15-25)17-8-10-23(5)11-9-17/h17-18,22H,6-16H2,1-5H3/i2D. The Bertz CT molecular complexity index is 530. The molecule has 7 nitrogen and oxygen atoms in total. The monoisotopic (exact) mass is 397 g/mol. The average Bonchev–Trinajstić information content (AvgIpc) is 2.71. The van der Waals surface area contributed by atoms with Crippen LogP contribution in [0.3, 0.4) is 0 Å². The van der Waals surface area contributed by atoms with Crippen LogP contribution in [0.1, 0.15) is 54.7 Å². The average molecular weight is 398 g/mol. The lowest BCUT2D eigenvalue weighted by Gasteiger charge is -2.42. The van der Waals surface area contributed by atoms with E-state index in [0.29, 0.717) is 12.5 Å². The molecule has 1 unspecified atom stereocenters. The Labute approximate surface area is 172 Å². The Kier molecular flexibility index (Phi) is 8.11. The highest BCUT2D eigenvalue weighted by Crippen LogP contribution is 2.17. The van der Waals surface area contributed by atoms with Crippen LogP contribution in [0.2, 0.25) is 0 Å². The lowest BCUT2D eigenvalue weighted by atomic mass is 10.0. The number of carbonyl (C=O) groups excluding carboxylic acids is 2. The fourth-order valence-electron chi connectivity index (χ4n) is 3.95. The number of amides is 1. The van der Waals surface area contributed by atoms with Gasteiger partial charge in [-0.15, -0.1) is 0 Å². The number of rotatable bonds is 7. The molecule has 1 atom stereocenters. The Morgan fingerprint density at radius 3 is 2.39 bits per heavy atom. The van der Waals surface area contributed by atoms with Crippen molar-refractivity contribution in [2.45, 2.75) is 71.0 Å². The number of piperazine rings is 1. The minimum absolute atomic E-state index is 0.0120.